The number of carbonyl (C=O) groups is 1. The van der Waals surface area contributed by atoms with E-state index in [0.717, 1.165) is 5.56 Å². The maximum Gasteiger partial charge on any atom is 0.309 e. The molecule has 0 spiro atoms. The number of aliphatic carboxylic acids is 1. The van der Waals surface area contributed by atoms with E-state index in [4.69, 9.17) is 16.7 Å². The lowest BCUT2D eigenvalue weighted by molar-refractivity contribution is -0.136. The van der Waals surface area contributed by atoms with E-state index < -0.39 is 5.97 Å². The van der Waals surface area contributed by atoms with Crippen LogP contribution in [0.5, 0.6) is 0 Å². The molecule has 0 amide bonds. The first kappa shape index (κ1) is 13.6. The van der Waals surface area contributed by atoms with Crippen LogP contribution in [0.4, 0.5) is 0 Å². The van der Waals surface area contributed by atoms with Crippen molar-refractivity contribution in [2.45, 2.75) is 13.3 Å². The molecule has 3 rings (SSSR count). The van der Waals surface area contributed by atoms with Crippen molar-refractivity contribution < 1.29 is 9.90 Å². The van der Waals surface area contributed by atoms with Crippen LogP contribution >= 0.6 is 11.6 Å². The average molecular weight is 302 g/mol. The standard InChI is InChI=1S/C15H12ClN3O2/c1-9-4-5-19-12(7-14(20)21)15(18-13(19)6-9)11-3-2-10(16)8-17-11/h2-6,8H,7H2,1H3,(H,20,21). The first-order valence-corrected chi connectivity index (χ1v) is 6.73. The summed E-state index contributed by atoms with van der Waals surface area (Å²) >= 11 is 5.84. The zero-order valence-corrected chi connectivity index (χ0v) is 12.0. The zero-order chi connectivity index (χ0) is 15.0. The second kappa shape index (κ2) is 5.18. The summed E-state index contributed by atoms with van der Waals surface area (Å²) in [5, 5.41) is 9.66. The largest absolute Gasteiger partial charge is 0.481 e. The number of halogens is 1. The fraction of sp³-hybridized carbons (Fsp3) is 0.133. The van der Waals surface area contributed by atoms with Gasteiger partial charge in [-0.05, 0) is 36.8 Å². The first-order chi connectivity index (χ1) is 10.0. The van der Waals surface area contributed by atoms with E-state index in [9.17, 15) is 4.79 Å². The van der Waals surface area contributed by atoms with Crippen molar-refractivity contribution in [1.29, 1.82) is 0 Å². The Bertz CT molecular complexity index is 825. The van der Waals surface area contributed by atoms with Gasteiger partial charge in [-0.1, -0.05) is 11.6 Å². The van der Waals surface area contributed by atoms with Gasteiger partial charge in [0.25, 0.3) is 0 Å². The van der Waals surface area contributed by atoms with Crippen LogP contribution < -0.4 is 0 Å². The Hall–Kier alpha value is -2.40. The third-order valence-electron chi connectivity index (χ3n) is 3.17. The number of carboxylic acid groups (broad SMARTS) is 1. The Labute approximate surface area is 125 Å². The lowest BCUT2D eigenvalue weighted by atomic mass is 10.2. The summed E-state index contributed by atoms with van der Waals surface area (Å²) in [4.78, 5) is 19.9. The molecule has 0 aliphatic rings. The summed E-state index contributed by atoms with van der Waals surface area (Å²) in [6.07, 6.45) is 3.23. The summed E-state index contributed by atoms with van der Waals surface area (Å²) in [5.74, 6) is -0.910. The molecule has 6 heteroatoms. The van der Waals surface area contributed by atoms with Crippen LogP contribution in [-0.4, -0.2) is 25.4 Å². The number of fused-ring (bicyclic) bond motifs is 1. The molecule has 0 aromatic carbocycles. The van der Waals surface area contributed by atoms with Gasteiger partial charge in [0.1, 0.15) is 11.3 Å². The Morgan fingerprint density at radius 3 is 2.86 bits per heavy atom. The lowest BCUT2D eigenvalue weighted by Crippen LogP contribution is -2.05. The molecule has 106 valence electrons. The number of hydrogen-bond donors (Lipinski definition) is 1. The van der Waals surface area contributed by atoms with Gasteiger partial charge in [-0.2, -0.15) is 0 Å². The van der Waals surface area contributed by atoms with Crippen molar-refractivity contribution in [3.8, 4) is 11.4 Å². The van der Waals surface area contributed by atoms with Gasteiger partial charge in [0.2, 0.25) is 0 Å². The molecule has 0 unspecified atom stereocenters. The molecule has 1 N–H and O–H groups in total. The molecule has 0 aliphatic heterocycles. The fourth-order valence-electron chi connectivity index (χ4n) is 2.23. The smallest absolute Gasteiger partial charge is 0.309 e. The van der Waals surface area contributed by atoms with E-state index in [0.29, 0.717) is 27.8 Å². The molecule has 0 atom stereocenters. The van der Waals surface area contributed by atoms with Crippen LogP contribution in [0.25, 0.3) is 17.0 Å². The molecule has 0 aliphatic carbocycles. The molecule has 21 heavy (non-hydrogen) atoms. The molecule has 0 saturated carbocycles. The van der Waals surface area contributed by atoms with Gasteiger partial charge in [-0.3, -0.25) is 9.78 Å². The number of aromatic nitrogens is 3. The highest BCUT2D eigenvalue weighted by Gasteiger charge is 2.17. The van der Waals surface area contributed by atoms with Crippen LogP contribution in [0.2, 0.25) is 5.02 Å². The predicted molar refractivity (Wildman–Crippen MR) is 79.5 cm³/mol. The highest BCUT2D eigenvalue weighted by atomic mass is 35.5. The van der Waals surface area contributed by atoms with Crippen molar-refractivity contribution in [3.63, 3.8) is 0 Å². The van der Waals surface area contributed by atoms with E-state index >= 15 is 0 Å². The molecule has 0 fully saturated rings. The number of carboxylic acids is 1. The number of imidazole rings is 1. The summed E-state index contributed by atoms with van der Waals surface area (Å²) in [7, 11) is 0. The van der Waals surface area contributed by atoms with Gasteiger partial charge in [-0.15, -0.1) is 0 Å². The van der Waals surface area contributed by atoms with Crippen LogP contribution in [-0.2, 0) is 11.2 Å². The Morgan fingerprint density at radius 1 is 1.38 bits per heavy atom. The van der Waals surface area contributed by atoms with Crippen LogP contribution in [0.3, 0.4) is 0 Å². The number of hydrogen-bond acceptors (Lipinski definition) is 3. The van der Waals surface area contributed by atoms with Gasteiger partial charge in [0.15, 0.2) is 0 Å². The Morgan fingerprint density at radius 2 is 2.19 bits per heavy atom. The molecule has 0 radical (unpaired) electrons. The van der Waals surface area contributed by atoms with Gasteiger partial charge in [-0.25, -0.2) is 4.98 Å². The van der Waals surface area contributed by atoms with Crippen molar-refractivity contribution in [3.05, 3.63) is 52.9 Å². The van der Waals surface area contributed by atoms with Crippen molar-refractivity contribution >= 4 is 23.2 Å². The SMILES string of the molecule is Cc1ccn2c(CC(=O)O)c(-c3ccc(Cl)cn3)nc2c1. The number of nitrogens with zero attached hydrogens (tertiary/aromatic N) is 3. The van der Waals surface area contributed by atoms with Gasteiger partial charge in [0.05, 0.1) is 22.8 Å². The highest BCUT2D eigenvalue weighted by Crippen LogP contribution is 2.24. The normalized spacial score (nSPS) is 11.0. The third kappa shape index (κ3) is 2.60. The van der Waals surface area contributed by atoms with Crippen LogP contribution in [0.15, 0.2) is 36.7 Å². The van der Waals surface area contributed by atoms with Crippen molar-refractivity contribution in [1.82, 2.24) is 14.4 Å². The van der Waals surface area contributed by atoms with Crippen LogP contribution in [0, 0.1) is 6.92 Å². The molecule has 3 heterocycles. The lowest BCUT2D eigenvalue weighted by Gasteiger charge is -2.02. The quantitative estimate of drug-likeness (QED) is 0.807. The summed E-state index contributed by atoms with van der Waals surface area (Å²) in [6, 6.07) is 7.27. The molecular weight excluding hydrogens is 290 g/mol. The van der Waals surface area contributed by atoms with Crippen LogP contribution in [0.1, 0.15) is 11.3 Å². The monoisotopic (exact) mass is 301 g/mol. The minimum Gasteiger partial charge on any atom is -0.481 e. The minimum atomic E-state index is -0.910. The van der Waals surface area contributed by atoms with Gasteiger partial charge >= 0.3 is 5.97 Å². The molecule has 3 aromatic rings. The molecule has 0 bridgehead atoms. The van der Waals surface area contributed by atoms with E-state index in [2.05, 4.69) is 9.97 Å². The average Bonchev–Trinajstić information content (AvgIpc) is 2.77. The van der Waals surface area contributed by atoms with E-state index in [-0.39, 0.29) is 6.42 Å². The predicted octanol–water partition coefficient (Wildman–Crippen LogP) is 2.99. The summed E-state index contributed by atoms with van der Waals surface area (Å²) < 4.78 is 1.78. The first-order valence-electron chi connectivity index (χ1n) is 6.36. The van der Waals surface area contributed by atoms with E-state index in [1.165, 1.54) is 6.20 Å². The Kier molecular flexibility index (Phi) is 3.35. The van der Waals surface area contributed by atoms with E-state index in [1.54, 1.807) is 16.5 Å². The molecule has 5 nitrogen and oxygen atoms in total. The van der Waals surface area contributed by atoms with Gasteiger partial charge in [0, 0.05) is 12.4 Å². The maximum atomic E-state index is 11.1. The van der Waals surface area contributed by atoms with E-state index in [1.807, 2.05) is 25.3 Å². The topological polar surface area (TPSA) is 67.5 Å². The fourth-order valence-corrected chi connectivity index (χ4v) is 2.34. The molecule has 3 aromatic heterocycles. The summed E-state index contributed by atoms with van der Waals surface area (Å²) in [6.45, 7) is 1.96. The van der Waals surface area contributed by atoms with Crippen molar-refractivity contribution in [2.24, 2.45) is 0 Å². The molecule has 0 saturated heterocycles. The number of aryl methyl sites for hydroxylation is 1. The maximum absolute atomic E-state index is 11.1. The number of rotatable bonds is 3. The highest BCUT2D eigenvalue weighted by molar-refractivity contribution is 6.30. The summed E-state index contributed by atoms with van der Waals surface area (Å²) in [5.41, 5.74) is 3.55. The minimum absolute atomic E-state index is 0.121. The molecular formula is C15H12ClN3O2. The second-order valence-corrected chi connectivity index (χ2v) is 5.21. The zero-order valence-electron chi connectivity index (χ0n) is 11.2. The van der Waals surface area contributed by atoms with Gasteiger partial charge < -0.3 is 9.51 Å². The second-order valence-electron chi connectivity index (χ2n) is 4.77. The third-order valence-corrected chi connectivity index (χ3v) is 3.39. The number of pyridine rings is 2. The van der Waals surface area contributed by atoms with Crippen molar-refractivity contribution in [2.75, 3.05) is 0 Å². The Balaban J connectivity index is 2.24.